The number of nitrogens with one attached hydrogen (secondary N) is 1. The van der Waals surface area contributed by atoms with Crippen molar-refractivity contribution < 1.29 is 0 Å². The van der Waals surface area contributed by atoms with Crippen LogP contribution in [0, 0.1) is 6.92 Å². The second kappa shape index (κ2) is 5.72. The molecule has 1 aromatic rings. The second-order valence-electron chi connectivity index (χ2n) is 5.75. The largest absolute Gasteiger partial charge is 0.364 e. The van der Waals surface area contributed by atoms with E-state index in [1.54, 1.807) is 0 Å². The van der Waals surface area contributed by atoms with Gasteiger partial charge in [0.1, 0.15) is 0 Å². The average Bonchev–Trinajstić information content (AvgIpc) is 2.41. The van der Waals surface area contributed by atoms with Crippen LogP contribution in [0.25, 0.3) is 0 Å². The Labute approximate surface area is 122 Å². The van der Waals surface area contributed by atoms with Crippen LogP contribution in [0.5, 0.6) is 0 Å². The highest BCUT2D eigenvalue weighted by atomic mass is 35.5. The topological polar surface area (TPSA) is 15.3 Å². The van der Waals surface area contributed by atoms with Crippen LogP contribution in [0.1, 0.15) is 39.2 Å². The van der Waals surface area contributed by atoms with E-state index < -0.39 is 0 Å². The summed E-state index contributed by atoms with van der Waals surface area (Å²) in [4.78, 5) is 2.49. The summed E-state index contributed by atoms with van der Waals surface area (Å²) in [7, 11) is 0. The minimum absolute atomic E-state index is 0.220. The van der Waals surface area contributed by atoms with Gasteiger partial charge in [0.05, 0.1) is 10.7 Å². The highest BCUT2D eigenvalue weighted by molar-refractivity contribution is 6.33. The molecule has 106 valence electrons. The van der Waals surface area contributed by atoms with E-state index in [-0.39, 0.29) is 5.54 Å². The van der Waals surface area contributed by atoms with E-state index in [0.717, 1.165) is 31.0 Å². The summed E-state index contributed by atoms with van der Waals surface area (Å²) in [5.41, 5.74) is 2.70. The van der Waals surface area contributed by atoms with Crippen molar-refractivity contribution in [1.29, 1.82) is 0 Å². The summed E-state index contributed by atoms with van der Waals surface area (Å²) in [6.07, 6.45) is 2.30. The molecule has 0 spiro atoms. The van der Waals surface area contributed by atoms with Gasteiger partial charge in [-0.2, -0.15) is 0 Å². The number of anilines is 1. The number of rotatable bonds is 3. The molecule has 0 amide bonds. The Hall–Kier alpha value is -0.730. The molecule has 1 aliphatic rings. The van der Waals surface area contributed by atoms with E-state index in [4.69, 9.17) is 11.6 Å². The van der Waals surface area contributed by atoms with Crippen LogP contribution >= 0.6 is 11.6 Å². The molecular weight excluding hydrogens is 256 g/mol. The van der Waals surface area contributed by atoms with Crippen LogP contribution in [-0.4, -0.2) is 24.7 Å². The predicted octanol–water partition coefficient (Wildman–Crippen LogP) is 4.01. The smallest absolute Gasteiger partial charge is 0.0642 e. The molecule has 3 heteroatoms. The first-order valence-electron chi connectivity index (χ1n) is 7.30. The fraction of sp³-hybridized carbons (Fsp3) is 0.625. The molecule has 0 aromatic heterocycles. The summed E-state index contributed by atoms with van der Waals surface area (Å²) in [6.45, 7) is 11.0. The number of halogens is 1. The zero-order valence-corrected chi connectivity index (χ0v) is 13.2. The fourth-order valence-corrected chi connectivity index (χ4v) is 3.35. The lowest BCUT2D eigenvalue weighted by Crippen LogP contribution is -2.63. The third-order valence-corrected chi connectivity index (χ3v) is 4.91. The van der Waals surface area contributed by atoms with E-state index in [1.807, 2.05) is 12.1 Å². The first kappa shape index (κ1) is 14.7. The Balaban J connectivity index is 2.36. The first-order valence-corrected chi connectivity index (χ1v) is 7.67. The highest BCUT2D eigenvalue weighted by Crippen LogP contribution is 2.34. The molecule has 1 unspecified atom stereocenters. The summed E-state index contributed by atoms with van der Waals surface area (Å²) in [5, 5.41) is 4.61. The Morgan fingerprint density at radius 1 is 1.37 bits per heavy atom. The lowest BCUT2D eigenvalue weighted by atomic mass is 9.88. The van der Waals surface area contributed by atoms with Gasteiger partial charge in [-0.1, -0.05) is 37.6 Å². The molecule has 0 aliphatic carbocycles. The van der Waals surface area contributed by atoms with E-state index in [0.29, 0.717) is 6.04 Å². The number of hydrogen-bond donors (Lipinski definition) is 1. The van der Waals surface area contributed by atoms with E-state index in [9.17, 15) is 0 Å². The minimum Gasteiger partial charge on any atom is -0.364 e. The van der Waals surface area contributed by atoms with Gasteiger partial charge in [0.2, 0.25) is 0 Å². The third kappa shape index (κ3) is 2.75. The summed E-state index contributed by atoms with van der Waals surface area (Å²) in [5.74, 6) is 0. The molecule has 1 N–H and O–H groups in total. The number of aryl methyl sites for hydroxylation is 1. The van der Waals surface area contributed by atoms with Crippen LogP contribution in [0.2, 0.25) is 5.02 Å². The van der Waals surface area contributed by atoms with Gasteiger partial charge >= 0.3 is 0 Å². The first-order chi connectivity index (χ1) is 9.03. The van der Waals surface area contributed by atoms with Crippen molar-refractivity contribution in [3.8, 4) is 0 Å². The van der Waals surface area contributed by atoms with Crippen molar-refractivity contribution >= 4 is 17.3 Å². The Morgan fingerprint density at radius 2 is 2.05 bits per heavy atom. The molecule has 2 nitrogen and oxygen atoms in total. The zero-order chi connectivity index (χ0) is 14.0. The number of hydrogen-bond acceptors (Lipinski definition) is 2. The van der Waals surface area contributed by atoms with Crippen molar-refractivity contribution in [2.75, 3.05) is 18.0 Å². The van der Waals surface area contributed by atoms with Crippen LogP contribution in [-0.2, 0) is 0 Å². The summed E-state index contributed by atoms with van der Waals surface area (Å²) >= 11 is 6.45. The molecule has 2 rings (SSSR count). The molecule has 1 aromatic carbocycles. The van der Waals surface area contributed by atoms with Gasteiger partial charge in [-0.15, -0.1) is 0 Å². The van der Waals surface area contributed by atoms with Crippen LogP contribution in [0.15, 0.2) is 18.2 Å². The maximum Gasteiger partial charge on any atom is 0.0642 e. The van der Waals surface area contributed by atoms with Crippen molar-refractivity contribution in [2.24, 2.45) is 0 Å². The lowest BCUT2D eigenvalue weighted by molar-refractivity contribution is 0.253. The van der Waals surface area contributed by atoms with Crippen molar-refractivity contribution in [2.45, 2.75) is 52.1 Å². The molecule has 0 radical (unpaired) electrons. The van der Waals surface area contributed by atoms with Crippen molar-refractivity contribution in [3.63, 3.8) is 0 Å². The van der Waals surface area contributed by atoms with Crippen LogP contribution in [0.4, 0.5) is 5.69 Å². The molecule has 1 heterocycles. The molecule has 0 saturated carbocycles. The molecule has 1 atom stereocenters. The maximum absolute atomic E-state index is 6.45. The molecule has 19 heavy (non-hydrogen) atoms. The highest BCUT2D eigenvalue weighted by Gasteiger charge is 2.36. The number of nitrogens with zero attached hydrogens (tertiary/aromatic N) is 1. The second-order valence-corrected chi connectivity index (χ2v) is 6.16. The van der Waals surface area contributed by atoms with Crippen molar-refractivity contribution in [3.05, 3.63) is 28.8 Å². The van der Waals surface area contributed by atoms with Crippen LogP contribution < -0.4 is 10.2 Å². The van der Waals surface area contributed by atoms with Crippen LogP contribution in [0.3, 0.4) is 0 Å². The number of para-hydroxylation sites is 1. The van der Waals surface area contributed by atoms with Crippen molar-refractivity contribution in [1.82, 2.24) is 5.32 Å². The molecule has 1 aliphatic heterocycles. The van der Waals surface area contributed by atoms with E-state index >= 15 is 0 Å². The summed E-state index contributed by atoms with van der Waals surface area (Å²) in [6, 6.07) is 6.65. The van der Waals surface area contributed by atoms with E-state index in [1.165, 1.54) is 11.3 Å². The van der Waals surface area contributed by atoms with Gasteiger partial charge in [-0.3, -0.25) is 0 Å². The standard InChI is InChI=1S/C16H25ClN2/c1-5-16(6-2)11-19(13(4)10-18-16)15-12(3)8-7-9-14(15)17/h7-9,13,18H,5-6,10-11H2,1-4H3. The minimum atomic E-state index is 0.220. The van der Waals surface area contributed by atoms with Gasteiger partial charge in [-0.05, 0) is 38.3 Å². The monoisotopic (exact) mass is 280 g/mol. The number of benzene rings is 1. The molecule has 1 saturated heterocycles. The number of piperazine rings is 1. The fourth-order valence-electron chi connectivity index (χ4n) is 3.02. The quantitative estimate of drug-likeness (QED) is 0.900. The predicted molar refractivity (Wildman–Crippen MR) is 84.3 cm³/mol. The maximum atomic E-state index is 6.45. The average molecular weight is 281 g/mol. The SMILES string of the molecule is CCC1(CC)CN(c2c(C)cccc2Cl)C(C)CN1. The molecular formula is C16H25ClN2. The lowest BCUT2D eigenvalue weighted by Gasteiger charge is -2.48. The van der Waals surface area contributed by atoms with Gasteiger partial charge in [0.25, 0.3) is 0 Å². The van der Waals surface area contributed by atoms with E-state index in [2.05, 4.69) is 44.0 Å². The van der Waals surface area contributed by atoms with Gasteiger partial charge < -0.3 is 10.2 Å². The zero-order valence-electron chi connectivity index (χ0n) is 12.5. The summed E-state index contributed by atoms with van der Waals surface area (Å²) < 4.78 is 0. The van der Waals surface area contributed by atoms with Gasteiger partial charge in [0.15, 0.2) is 0 Å². The van der Waals surface area contributed by atoms with Gasteiger partial charge in [-0.25, -0.2) is 0 Å². The van der Waals surface area contributed by atoms with Gasteiger partial charge in [0, 0.05) is 24.7 Å². The normalized spacial score (nSPS) is 22.6. The Morgan fingerprint density at radius 3 is 2.63 bits per heavy atom. The Kier molecular flexibility index (Phi) is 4.42. The Bertz CT molecular complexity index is 420. The molecule has 0 bridgehead atoms. The molecule has 1 fully saturated rings. The third-order valence-electron chi connectivity index (χ3n) is 4.61.